The van der Waals surface area contributed by atoms with Crippen molar-refractivity contribution in [3.8, 4) is 5.75 Å². The number of nitrogens with zero attached hydrogens (tertiary/aromatic N) is 1. The lowest BCUT2D eigenvalue weighted by Gasteiger charge is -2.13. The first-order valence-electron chi connectivity index (χ1n) is 5.55. The Bertz CT molecular complexity index is 353. The van der Waals surface area contributed by atoms with Crippen LogP contribution in [0.15, 0.2) is 24.3 Å². The number of hydrogen-bond donors (Lipinski definition) is 0. The van der Waals surface area contributed by atoms with E-state index in [-0.39, 0.29) is 18.2 Å². The van der Waals surface area contributed by atoms with Gasteiger partial charge in [-0.1, -0.05) is 19.1 Å². The lowest BCUT2D eigenvalue weighted by atomic mass is 10.1. The average molecular weight is 258 g/mol. The first-order valence-corrected chi connectivity index (χ1v) is 5.55. The van der Waals surface area contributed by atoms with Crippen LogP contribution >= 0.6 is 12.4 Å². The molecule has 0 aliphatic carbocycles. The Labute approximate surface area is 109 Å². The van der Waals surface area contributed by atoms with E-state index in [0.717, 1.165) is 6.54 Å². The molecule has 96 valence electrons. The van der Waals surface area contributed by atoms with Crippen LogP contribution in [0.2, 0.25) is 0 Å². The smallest absolute Gasteiger partial charge is 0.166 e. The normalized spacial score (nSPS) is 9.88. The minimum absolute atomic E-state index is 0. The van der Waals surface area contributed by atoms with Crippen molar-refractivity contribution in [1.82, 2.24) is 4.90 Å². The lowest BCUT2D eigenvalue weighted by Crippen LogP contribution is -2.20. The third-order valence-electron chi connectivity index (χ3n) is 2.30. The van der Waals surface area contributed by atoms with Crippen molar-refractivity contribution >= 4 is 18.2 Å². The van der Waals surface area contributed by atoms with Crippen LogP contribution in [0.3, 0.4) is 0 Å². The van der Waals surface area contributed by atoms with E-state index in [2.05, 4.69) is 0 Å². The Balaban J connectivity index is 0.00000256. The molecule has 0 amide bonds. The van der Waals surface area contributed by atoms with Gasteiger partial charge in [-0.25, -0.2) is 0 Å². The van der Waals surface area contributed by atoms with Gasteiger partial charge in [0.15, 0.2) is 5.78 Å². The standard InChI is InChI=1S/C13H19NO2.ClH/c1-4-12(15)11-7-5-6-8-13(11)16-10-9-14(2)3;/h5-8H,4,9-10H2,1-3H3;1H. The molecular formula is C13H20ClNO2. The first kappa shape index (κ1) is 15.9. The zero-order valence-electron chi connectivity index (χ0n) is 10.6. The lowest BCUT2D eigenvalue weighted by molar-refractivity contribution is 0.0984. The molecule has 0 aromatic heterocycles. The second-order valence-electron chi connectivity index (χ2n) is 3.92. The average Bonchev–Trinajstić information content (AvgIpc) is 2.28. The van der Waals surface area contributed by atoms with Gasteiger partial charge in [-0.05, 0) is 26.2 Å². The molecule has 0 spiro atoms. The van der Waals surface area contributed by atoms with E-state index in [0.29, 0.717) is 24.3 Å². The molecule has 1 aromatic carbocycles. The van der Waals surface area contributed by atoms with Gasteiger partial charge in [0.05, 0.1) is 5.56 Å². The van der Waals surface area contributed by atoms with Gasteiger partial charge in [0.1, 0.15) is 12.4 Å². The van der Waals surface area contributed by atoms with Crippen LogP contribution in [-0.4, -0.2) is 37.9 Å². The number of halogens is 1. The number of carbonyl (C=O) groups excluding carboxylic acids is 1. The molecule has 1 aromatic rings. The van der Waals surface area contributed by atoms with E-state index in [1.807, 2.05) is 50.2 Å². The monoisotopic (exact) mass is 257 g/mol. The summed E-state index contributed by atoms with van der Waals surface area (Å²) in [5.74, 6) is 0.816. The van der Waals surface area contributed by atoms with Crippen LogP contribution in [0.5, 0.6) is 5.75 Å². The maximum atomic E-state index is 11.6. The number of carbonyl (C=O) groups is 1. The van der Waals surface area contributed by atoms with Crippen LogP contribution in [0.4, 0.5) is 0 Å². The predicted molar refractivity (Wildman–Crippen MR) is 72.4 cm³/mol. The second kappa shape index (κ2) is 8.09. The van der Waals surface area contributed by atoms with E-state index in [1.165, 1.54) is 0 Å². The summed E-state index contributed by atoms with van der Waals surface area (Å²) >= 11 is 0. The van der Waals surface area contributed by atoms with Crippen LogP contribution in [0.1, 0.15) is 23.7 Å². The van der Waals surface area contributed by atoms with Crippen molar-refractivity contribution in [3.05, 3.63) is 29.8 Å². The van der Waals surface area contributed by atoms with Gasteiger partial charge in [-0.2, -0.15) is 0 Å². The minimum atomic E-state index is 0. The van der Waals surface area contributed by atoms with E-state index in [1.54, 1.807) is 0 Å². The summed E-state index contributed by atoms with van der Waals surface area (Å²) in [5.41, 5.74) is 0.684. The van der Waals surface area contributed by atoms with Crippen molar-refractivity contribution in [2.75, 3.05) is 27.2 Å². The molecule has 0 radical (unpaired) electrons. The van der Waals surface area contributed by atoms with E-state index in [9.17, 15) is 4.79 Å². The number of Topliss-reactive ketones (excluding diaryl/α,β-unsaturated/α-hetero) is 1. The topological polar surface area (TPSA) is 29.5 Å². The fourth-order valence-corrected chi connectivity index (χ4v) is 1.35. The molecule has 17 heavy (non-hydrogen) atoms. The van der Waals surface area contributed by atoms with Crippen molar-refractivity contribution in [2.24, 2.45) is 0 Å². The molecule has 0 atom stereocenters. The van der Waals surface area contributed by atoms with Gasteiger partial charge < -0.3 is 9.64 Å². The van der Waals surface area contributed by atoms with Crippen LogP contribution in [-0.2, 0) is 0 Å². The number of rotatable bonds is 6. The first-order chi connectivity index (χ1) is 7.65. The summed E-state index contributed by atoms with van der Waals surface area (Å²) in [6, 6.07) is 7.41. The molecule has 1 rings (SSSR count). The van der Waals surface area contributed by atoms with E-state index in [4.69, 9.17) is 4.74 Å². The summed E-state index contributed by atoms with van der Waals surface area (Å²) in [6.07, 6.45) is 0.508. The number of likely N-dealkylation sites (N-methyl/N-ethyl adjacent to an activating group) is 1. The summed E-state index contributed by atoms with van der Waals surface area (Å²) in [4.78, 5) is 13.7. The fraction of sp³-hybridized carbons (Fsp3) is 0.462. The molecule has 0 saturated heterocycles. The third kappa shape index (κ3) is 5.20. The van der Waals surface area contributed by atoms with Gasteiger partial charge in [0.2, 0.25) is 0 Å². The van der Waals surface area contributed by atoms with Crippen LogP contribution < -0.4 is 4.74 Å². The maximum absolute atomic E-state index is 11.6. The fourth-order valence-electron chi connectivity index (χ4n) is 1.35. The highest BCUT2D eigenvalue weighted by Gasteiger charge is 2.09. The van der Waals surface area contributed by atoms with Crippen molar-refractivity contribution in [2.45, 2.75) is 13.3 Å². The summed E-state index contributed by atoms with van der Waals surface area (Å²) in [7, 11) is 3.99. The van der Waals surface area contributed by atoms with Gasteiger partial charge in [-0.15, -0.1) is 12.4 Å². The number of ketones is 1. The Morgan fingerprint density at radius 2 is 1.94 bits per heavy atom. The largest absolute Gasteiger partial charge is 0.491 e. The second-order valence-corrected chi connectivity index (χ2v) is 3.92. The van der Waals surface area contributed by atoms with Crippen LogP contribution in [0.25, 0.3) is 0 Å². The quantitative estimate of drug-likeness (QED) is 0.734. The van der Waals surface area contributed by atoms with Gasteiger partial charge >= 0.3 is 0 Å². The van der Waals surface area contributed by atoms with Crippen molar-refractivity contribution < 1.29 is 9.53 Å². The molecule has 0 heterocycles. The zero-order chi connectivity index (χ0) is 12.0. The third-order valence-corrected chi connectivity index (χ3v) is 2.30. The van der Waals surface area contributed by atoms with Crippen molar-refractivity contribution in [1.29, 1.82) is 0 Å². The van der Waals surface area contributed by atoms with Crippen LogP contribution in [0, 0.1) is 0 Å². The van der Waals surface area contributed by atoms with Crippen molar-refractivity contribution in [3.63, 3.8) is 0 Å². The number of ether oxygens (including phenoxy) is 1. The molecule has 0 unspecified atom stereocenters. The van der Waals surface area contributed by atoms with Gasteiger partial charge in [0, 0.05) is 13.0 Å². The predicted octanol–water partition coefficient (Wildman–Crippen LogP) is 2.64. The molecule has 3 nitrogen and oxygen atoms in total. The number of benzene rings is 1. The molecule has 0 saturated carbocycles. The molecule has 0 aliphatic rings. The molecule has 0 fully saturated rings. The Kier molecular flexibility index (Phi) is 7.59. The maximum Gasteiger partial charge on any atom is 0.166 e. The number of para-hydroxylation sites is 1. The molecule has 4 heteroatoms. The summed E-state index contributed by atoms with van der Waals surface area (Å²) < 4.78 is 5.61. The molecule has 0 aliphatic heterocycles. The SMILES string of the molecule is CCC(=O)c1ccccc1OCCN(C)C.Cl. The van der Waals surface area contributed by atoms with Gasteiger partial charge in [0.25, 0.3) is 0 Å². The number of hydrogen-bond acceptors (Lipinski definition) is 3. The Morgan fingerprint density at radius 3 is 2.53 bits per heavy atom. The van der Waals surface area contributed by atoms with E-state index >= 15 is 0 Å². The Hall–Kier alpha value is -1.06. The summed E-state index contributed by atoms with van der Waals surface area (Å²) in [5, 5.41) is 0. The zero-order valence-corrected chi connectivity index (χ0v) is 11.4. The van der Waals surface area contributed by atoms with Gasteiger partial charge in [-0.3, -0.25) is 4.79 Å². The highest BCUT2D eigenvalue weighted by Crippen LogP contribution is 2.19. The summed E-state index contributed by atoms with van der Waals surface area (Å²) in [6.45, 7) is 3.30. The highest BCUT2D eigenvalue weighted by atomic mass is 35.5. The molecule has 0 N–H and O–H groups in total. The molecule has 0 bridgehead atoms. The van der Waals surface area contributed by atoms with E-state index < -0.39 is 0 Å². The highest BCUT2D eigenvalue weighted by molar-refractivity contribution is 5.98. The Morgan fingerprint density at radius 1 is 1.29 bits per heavy atom. The molecular weight excluding hydrogens is 238 g/mol. The minimum Gasteiger partial charge on any atom is -0.491 e.